The molecule has 1 aromatic carbocycles. The Labute approximate surface area is 156 Å². The molecule has 1 aliphatic heterocycles. The summed E-state index contributed by atoms with van der Waals surface area (Å²) < 4.78 is 13.0. The highest BCUT2D eigenvalue weighted by Crippen LogP contribution is 2.16. The predicted octanol–water partition coefficient (Wildman–Crippen LogP) is 2.00. The van der Waals surface area contributed by atoms with Gasteiger partial charge in [-0.2, -0.15) is 0 Å². The SMILES string of the molecule is CCCC(C)(N)C(=O)NCCN1CCN(c2ccc(F)cc2)CC1.Cl. The third kappa shape index (κ3) is 6.45. The smallest absolute Gasteiger partial charge is 0.239 e. The average Bonchev–Trinajstić information content (AvgIpc) is 2.56. The summed E-state index contributed by atoms with van der Waals surface area (Å²) in [7, 11) is 0. The third-order valence-electron chi connectivity index (χ3n) is 4.57. The van der Waals surface area contributed by atoms with E-state index >= 15 is 0 Å². The van der Waals surface area contributed by atoms with Crippen LogP contribution in [0.1, 0.15) is 26.7 Å². The van der Waals surface area contributed by atoms with E-state index in [1.54, 1.807) is 6.92 Å². The van der Waals surface area contributed by atoms with Gasteiger partial charge in [-0.05, 0) is 37.6 Å². The molecule has 1 fully saturated rings. The Kier molecular flexibility index (Phi) is 8.62. The minimum atomic E-state index is -0.782. The molecule has 1 saturated heterocycles. The van der Waals surface area contributed by atoms with E-state index in [9.17, 15) is 9.18 Å². The van der Waals surface area contributed by atoms with Crippen LogP contribution >= 0.6 is 12.4 Å². The van der Waals surface area contributed by atoms with Crippen LogP contribution in [0.4, 0.5) is 10.1 Å². The monoisotopic (exact) mass is 372 g/mol. The summed E-state index contributed by atoms with van der Waals surface area (Å²) in [5, 5.41) is 2.94. The highest BCUT2D eigenvalue weighted by Gasteiger charge is 2.26. The lowest BCUT2D eigenvalue weighted by Gasteiger charge is -2.36. The first-order chi connectivity index (χ1) is 11.4. The standard InChI is InChI=1S/C18H29FN4O.ClH/c1-3-8-18(2,20)17(24)21-9-10-22-11-13-23(14-12-22)16-6-4-15(19)5-7-16;/h4-7H,3,8-14,20H2,1-2H3,(H,21,24);1H. The van der Waals surface area contributed by atoms with Crippen molar-refractivity contribution in [1.29, 1.82) is 0 Å². The Morgan fingerprint density at radius 3 is 2.40 bits per heavy atom. The van der Waals surface area contributed by atoms with Gasteiger partial charge in [0.05, 0.1) is 5.54 Å². The quantitative estimate of drug-likeness (QED) is 0.768. The van der Waals surface area contributed by atoms with E-state index in [-0.39, 0.29) is 24.1 Å². The topological polar surface area (TPSA) is 61.6 Å². The van der Waals surface area contributed by atoms with E-state index in [2.05, 4.69) is 15.1 Å². The highest BCUT2D eigenvalue weighted by molar-refractivity contribution is 5.85. The summed E-state index contributed by atoms with van der Waals surface area (Å²) in [4.78, 5) is 16.7. The molecular formula is C18H30ClFN4O. The molecule has 25 heavy (non-hydrogen) atoms. The first kappa shape index (κ1) is 21.7. The molecule has 1 heterocycles. The second-order valence-electron chi connectivity index (χ2n) is 6.73. The normalized spacial score (nSPS) is 17.5. The van der Waals surface area contributed by atoms with Gasteiger partial charge in [0.2, 0.25) is 5.91 Å². The first-order valence-electron chi connectivity index (χ1n) is 8.72. The van der Waals surface area contributed by atoms with Crippen molar-refractivity contribution >= 4 is 24.0 Å². The lowest BCUT2D eigenvalue weighted by atomic mass is 9.96. The molecule has 0 spiro atoms. The number of carbonyl (C=O) groups is 1. The van der Waals surface area contributed by atoms with Crippen molar-refractivity contribution in [3.63, 3.8) is 0 Å². The maximum Gasteiger partial charge on any atom is 0.239 e. The van der Waals surface area contributed by atoms with E-state index in [4.69, 9.17) is 5.73 Å². The number of halogens is 2. The minimum Gasteiger partial charge on any atom is -0.369 e. The van der Waals surface area contributed by atoms with Gasteiger partial charge < -0.3 is 16.0 Å². The molecule has 5 nitrogen and oxygen atoms in total. The summed E-state index contributed by atoms with van der Waals surface area (Å²) in [5.41, 5.74) is 6.30. The zero-order valence-electron chi connectivity index (χ0n) is 15.1. The Balaban J connectivity index is 0.00000312. The second kappa shape index (κ2) is 9.94. The zero-order chi connectivity index (χ0) is 17.6. The van der Waals surface area contributed by atoms with E-state index in [1.165, 1.54) is 12.1 Å². The van der Waals surface area contributed by atoms with Gasteiger partial charge in [0, 0.05) is 45.0 Å². The number of hydrogen-bond acceptors (Lipinski definition) is 4. The Bertz CT molecular complexity index is 530. The van der Waals surface area contributed by atoms with Crippen LogP contribution in [0.3, 0.4) is 0 Å². The minimum absolute atomic E-state index is 0. The first-order valence-corrected chi connectivity index (χ1v) is 8.72. The number of carbonyl (C=O) groups excluding carboxylic acids is 1. The number of rotatable bonds is 7. The van der Waals surface area contributed by atoms with Crippen molar-refractivity contribution in [3.8, 4) is 0 Å². The van der Waals surface area contributed by atoms with Gasteiger partial charge >= 0.3 is 0 Å². The molecule has 0 bridgehead atoms. The van der Waals surface area contributed by atoms with Crippen molar-refractivity contribution in [3.05, 3.63) is 30.1 Å². The number of piperazine rings is 1. The summed E-state index contributed by atoms with van der Waals surface area (Å²) in [6.45, 7) is 8.93. The van der Waals surface area contributed by atoms with Crippen molar-refractivity contribution in [2.45, 2.75) is 32.2 Å². The van der Waals surface area contributed by atoms with Crippen LogP contribution in [0.25, 0.3) is 0 Å². The molecule has 0 aliphatic carbocycles. The molecule has 0 radical (unpaired) electrons. The molecule has 0 saturated carbocycles. The van der Waals surface area contributed by atoms with Gasteiger partial charge in [0.25, 0.3) is 0 Å². The molecular weight excluding hydrogens is 343 g/mol. The van der Waals surface area contributed by atoms with E-state index in [1.807, 2.05) is 19.1 Å². The number of anilines is 1. The van der Waals surface area contributed by atoms with Crippen molar-refractivity contribution in [2.24, 2.45) is 5.73 Å². The lowest BCUT2D eigenvalue weighted by molar-refractivity contribution is -0.126. The molecule has 1 aliphatic rings. The fourth-order valence-electron chi connectivity index (χ4n) is 3.04. The Hall–Kier alpha value is -1.37. The van der Waals surface area contributed by atoms with Crippen LogP contribution in [0.5, 0.6) is 0 Å². The van der Waals surface area contributed by atoms with Gasteiger partial charge in [-0.15, -0.1) is 12.4 Å². The molecule has 142 valence electrons. The lowest BCUT2D eigenvalue weighted by Crippen LogP contribution is -2.53. The number of hydrogen-bond donors (Lipinski definition) is 2. The van der Waals surface area contributed by atoms with E-state index < -0.39 is 5.54 Å². The Morgan fingerprint density at radius 1 is 1.24 bits per heavy atom. The maximum atomic E-state index is 13.0. The molecule has 7 heteroatoms. The fraction of sp³-hybridized carbons (Fsp3) is 0.611. The summed E-state index contributed by atoms with van der Waals surface area (Å²) in [5.74, 6) is -0.280. The predicted molar refractivity (Wildman–Crippen MR) is 103 cm³/mol. The maximum absolute atomic E-state index is 13.0. The van der Waals surface area contributed by atoms with E-state index in [0.29, 0.717) is 13.0 Å². The number of nitrogens with two attached hydrogens (primary N) is 1. The molecule has 1 aromatic rings. The molecule has 2 rings (SSSR count). The van der Waals surface area contributed by atoms with Gasteiger partial charge in [-0.25, -0.2) is 4.39 Å². The van der Waals surface area contributed by atoms with Crippen LogP contribution in [0, 0.1) is 5.82 Å². The molecule has 1 unspecified atom stereocenters. The second-order valence-corrected chi connectivity index (χ2v) is 6.73. The number of nitrogens with zero attached hydrogens (tertiary/aromatic N) is 2. The number of amides is 1. The molecule has 1 amide bonds. The molecule has 3 N–H and O–H groups in total. The van der Waals surface area contributed by atoms with E-state index in [0.717, 1.165) is 44.8 Å². The van der Waals surface area contributed by atoms with Crippen LogP contribution < -0.4 is 16.0 Å². The van der Waals surface area contributed by atoms with Crippen LogP contribution in [0.2, 0.25) is 0 Å². The van der Waals surface area contributed by atoms with Crippen molar-refractivity contribution in [1.82, 2.24) is 10.2 Å². The van der Waals surface area contributed by atoms with Crippen LogP contribution in [-0.2, 0) is 4.79 Å². The number of nitrogens with one attached hydrogen (secondary N) is 1. The third-order valence-corrected chi connectivity index (χ3v) is 4.57. The van der Waals surface area contributed by atoms with Crippen molar-refractivity contribution in [2.75, 3.05) is 44.2 Å². The van der Waals surface area contributed by atoms with Crippen LogP contribution in [-0.4, -0.2) is 55.6 Å². The fourth-order valence-corrected chi connectivity index (χ4v) is 3.04. The zero-order valence-corrected chi connectivity index (χ0v) is 15.9. The summed E-state index contributed by atoms with van der Waals surface area (Å²) in [6.07, 6.45) is 1.58. The number of benzene rings is 1. The van der Waals surface area contributed by atoms with Crippen molar-refractivity contribution < 1.29 is 9.18 Å². The van der Waals surface area contributed by atoms with Gasteiger partial charge in [0.1, 0.15) is 5.82 Å². The van der Waals surface area contributed by atoms with Gasteiger partial charge in [-0.3, -0.25) is 9.69 Å². The summed E-state index contributed by atoms with van der Waals surface area (Å²) in [6, 6.07) is 6.64. The summed E-state index contributed by atoms with van der Waals surface area (Å²) >= 11 is 0. The molecule has 0 aromatic heterocycles. The molecule has 1 atom stereocenters. The van der Waals surface area contributed by atoms with Gasteiger partial charge in [0.15, 0.2) is 0 Å². The average molecular weight is 373 g/mol. The highest BCUT2D eigenvalue weighted by atomic mass is 35.5. The van der Waals surface area contributed by atoms with Crippen LogP contribution in [0.15, 0.2) is 24.3 Å². The Morgan fingerprint density at radius 2 is 1.84 bits per heavy atom. The largest absolute Gasteiger partial charge is 0.369 e. The van der Waals surface area contributed by atoms with Gasteiger partial charge in [-0.1, -0.05) is 13.3 Å².